The Balaban J connectivity index is 2.04. The zero-order chi connectivity index (χ0) is 16.0. The Morgan fingerprint density at radius 1 is 1.41 bits per heavy atom. The maximum absolute atomic E-state index is 11.9. The summed E-state index contributed by atoms with van der Waals surface area (Å²) in [6.45, 7) is 5.01. The van der Waals surface area contributed by atoms with Crippen LogP contribution in [0.3, 0.4) is 0 Å². The minimum absolute atomic E-state index is 0.365. The van der Waals surface area contributed by atoms with E-state index >= 15 is 0 Å². The number of piperidine rings is 1. The molecule has 1 aliphatic heterocycles. The van der Waals surface area contributed by atoms with Gasteiger partial charge in [0, 0.05) is 19.7 Å². The van der Waals surface area contributed by atoms with E-state index in [9.17, 15) is 15.0 Å². The fourth-order valence-corrected chi connectivity index (χ4v) is 3.07. The maximum atomic E-state index is 11.9. The van der Waals surface area contributed by atoms with E-state index in [0.717, 1.165) is 12.1 Å². The van der Waals surface area contributed by atoms with Crippen LogP contribution in [0, 0.1) is 5.41 Å². The molecule has 22 heavy (non-hydrogen) atoms. The average molecular weight is 307 g/mol. The van der Waals surface area contributed by atoms with E-state index in [1.54, 1.807) is 0 Å². The summed E-state index contributed by atoms with van der Waals surface area (Å²) in [5, 5.41) is 20.2. The van der Waals surface area contributed by atoms with Gasteiger partial charge < -0.3 is 14.9 Å². The molecule has 2 N–H and O–H groups in total. The number of benzene rings is 1. The average Bonchev–Trinajstić information content (AvgIpc) is 2.51. The fourth-order valence-electron chi connectivity index (χ4n) is 3.07. The summed E-state index contributed by atoms with van der Waals surface area (Å²) >= 11 is 0. The van der Waals surface area contributed by atoms with Crippen LogP contribution in [0.1, 0.15) is 18.9 Å². The number of carboxylic acids is 1. The third-order valence-electron chi connectivity index (χ3n) is 4.49. The maximum Gasteiger partial charge on any atom is 0.312 e. The molecule has 2 rings (SSSR count). The molecular formula is C17H25NO4. The van der Waals surface area contributed by atoms with E-state index in [0.29, 0.717) is 39.1 Å². The standard InChI is InChI=1S/C17H25NO4/c1-2-22-11-10-18-9-8-17(16(20)21,15(19)13-18)12-14-6-4-3-5-7-14/h3-7,15,19H,2,8-13H2,1H3,(H,20,21)/t15-,17+/m0/s1. The fraction of sp³-hybridized carbons (Fsp3) is 0.588. The second-order valence-electron chi connectivity index (χ2n) is 5.89. The Labute approximate surface area is 131 Å². The first-order valence-electron chi connectivity index (χ1n) is 7.84. The SMILES string of the molecule is CCOCCN1CC[C@](Cc2ccccc2)(C(=O)O)[C@@H](O)C1. The predicted molar refractivity (Wildman–Crippen MR) is 83.8 cm³/mol. The van der Waals surface area contributed by atoms with E-state index in [2.05, 4.69) is 4.90 Å². The number of rotatable bonds is 7. The highest BCUT2D eigenvalue weighted by atomic mass is 16.5. The van der Waals surface area contributed by atoms with Gasteiger partial charge in [0.15, 0.2) is 0 Å². The number of aliphatic carboxylic acids is 1. The van der Waals surface area contributed by atoms with Crippen molar-refractivity contribution in [2.75, 3.05) is 32.8 Å². The van der Waals surface area contributed by atoms with E-state index in [4.69, 9.17) is 4.74 Å². The predicted octanol–water partition coefficient (Wildman–Crippen LogP) is 1.40. The molecular weight excluding hydrogens is 282 g/mol. The van der Waals surface area contributed by atoms with E-state index in [-0.39, 0.29) is 0 Å². The molecule has 0 saturated carbocycles. The zero-order valence-electron chi connectivity index (χ0n) is 13.1. The molecule has 1 heterocycles. The van der Waals surface area contributed by atoms with Gasteiger partial charge in [-0.25, -0.2) is 0 Å². The van der Waals surface area contributed by atoms with Crippen molar-refractivity contribution >= 4 is 5.97 Å². The van der Waals surface area contributed by atoms with Crippen LogP contribution < -0.4 is 0 Å². The van der Waals surface area contributed by atoms with Crippen molar-refractivity contribution in [1.82, 2.24) is 4.90 Å². The van der Waals surface area contributed by atoms with Crippen LogP contribution in [0.4, 0.5) is 0 Å². The number of nitrogens with zero attached hydrogens (tertiary/aromatic N) is 1. The van der Waals surface area contributed by atoms with Crippen LogP contribution in [0.25, 0.3) is 0 Å². The minimum Gasteiger partial charge on any atom is -0.481 e. The van der Waals surface area contributed by atoms with Gasteiger partial charge in [0.2, 0.25) is 0 Å². The van der Waals surface area contributed by atoms with Crippen molar-refractivity contribution in [2.45, 2.75) is 25.9 Å². The van der Waals surface area contributed by atoms with Gasteiger partial charge >= 0.3 is 5.97 Å². The van der Waals surface area contributed by atoms with Crippen LogP contribution in [-0.2, 0) is 16.0 Å². The zero-order valence-corrected chi connectivity index (χ0v) is 13.1. The quantitative estimate of drug-likeness (QED) is 0.745. The smallest absolute Gasteiger partial charge is 0.312 e. The first-order valence-corrected chi connectivity index (χ1v) is 7.84. The third kappa shape index (κ3) is 3.85. The first-order chi connectivity index (χ1) is 10.6. The van der Waals surface area contributed by atoms with Gasteiger partial charge in [0.05, 0.1) is 12.7 Å². The summed E-state index contributed by atoms with van der Waals surface area (Å²) < 4.78 is 5.33. The molecule has 0 unspecified atom stereocenters. The lowest BCUT2D eigenvalue weighted by Gasteiger charge is -2.42. The summed E-state index contributed by atoms with van der Waals surface area (Å²) in [4.78, 5) is 13.9. The molecule has 1 saturated heterocycles. The van der Waals surface area contributed by atoms with Crippen molar-refractivity contribution in [3.05, 3.63) is 35.9 Å². The van der Waals surface area contributed by atoms with Crippen molar-refractivity contribution in [3.63, 3.8) is 0 Å². The Bertz CT molecular complexity index is 479. The lowest BCUT2D eigenvalue weighted by Crippen LogP contribution is -2.56. The highest BCUT2D eigenvalue weighted by molar-refractivity contribution is 5.76. The van der Waals surface area contributed by atoms with Crippen molar-refractivity contribution in [3.8, 4) is 0 Å². The van der Waals surface area contributed by atoms with E-state index in [1.807, 2.05) is 37.3 Å². The first kappa shape index (κ1) is 16.9. The minimum atomic E-state index is -1.09. The van der Waals surface area contributed by atoms with Crippen LogP contribution >= 0.6 is 0 Å². The number of likely N-dealkylation sites (tertiary alicyclic amines) is 1. The molecule has 122 valence electrons. The van der Waals surface area contributed by atoms with Crippen LogP contribution in [0.15, 0.2) is 30.3 Å². The van der Waals surface area contributed by atoms with Gasteiger partial charge in [-0.3, -0.25) is 9.69 Å². The van der Waals surface area contributed by atoms with Gasteiger partial charge in [-0.2, -0.15) is 0 Å². The molecule has 0 bridgehead atoms. The van der Waals surface area contributed by atoms with Gasteiger partial charge in [-0.1, -0.05) is 30.3 Å². The van der Waals surface area contributed by atoms with Gasteiger partial charge in [-0.05, 0) is 31.9 Å². The molecule has 0 aliphatic carbocycles. The van der Waals surface area contributed by atoms with Gasteiger partial charge in [0.25, 0.3) is 0 Å². The normalized spacial score (nSPS) is 26.0. The number of aliphatic hydroxyl groups is 1. The largest absolute Gasteiger partial charge is 0.481 e. The van der Waals surface area contributed by atoms with E-state index < -0.39 is 17.5 Å². The molecule has 5 nitrogen and oxygen atoms in total. The molecule has 1 aromatic rings. The summed E-state index contributed by atoms with van der Waals surface area (Å²) in [5.41, 5.74) is -0.143. The molecule has 1 fully saturated rings. The molecule has 2 atom stereocenters. The van der Waals surface area contributed by atoms with Crippen molar-refractivity contribution < 1.29 is 19.7 Å². The van der Waals surface area contributed by atoms with E-state index in [1.165, 1.54) is 0 Å². The van der Waals surface area contributed by atoms with Crippen molar-refractivity contribution in [2.24, 2.45) is 5.41 Å². The topological polar surface area (TPSA) is 70.0 Å². The number of carboxylic acid groups (broad SMARTS) is 1. The molecule has 0 spiro atoms. The summed E-state index contributed by atoms with van der Waals surface area (Å²) in [5.74, 6) is -0.909. The Morgan fingerprint density at radius 3 is 2.73 bits per heavy atom. The van der Waals surface area contributed by atoms with Crippen LogP contribution in [-0.4, -0.2) is 60.0 Å². The highest BCUT2D eigenvalue weighted by Crippen LogP contribution is 2.36. The number of hydrogen-bond donors (Lipinski definition) is 2. The van der Waals surface area contributed by atoms with Gasteiger partial charge in [-0.15, -0.1) is 0 Å². The lowest BCUT2D eigenvalue weighted by atomic mass is 9.71. The number of carbonyl (C=O) groups is 1. The second-order valence-corrected chi connectivity index (χ2v) is 5.89. The number of ether oxygens (including phenoxy) is 1. The third-order valence-corrected chi connectivity index (χ3v) is 4.49. The molecule has 0 amide bonds. The number of β-amino-alcohol motifs (C(OH)–C–C–N with tert-alkyl or cyclic N) is 1. The number of aliphatic hydroxyl groups excluding tert-OH is 1. The lowest BCUT2D eigenvalue weighted by molar-refractivity contribution is -0.163. The molecule has 0 aromatic heterocycles. The Hall–Kier alpha value is -1.43. The Kier molecular flexibility index (Phi) is 5.94. The highest BCUT2D eigenvalue weighted by Gasteiger charge is 2.48. The Morgan fingerprint density at radius 2 is 2.14 bits per heavy atom. The van der Waals surface area contributed by atoms with Crippen LogP contribution in [0.5, 0.6) is 0 Å². The number of hydrogen-bond acceptors (Lipinski definition) is 4. The van der Waals surface area contributed by atoms with Crippen LogP contribution in [0.2, 0.25) is 0 Å². The van der Waals surface area contributed by atoms with Crippen molar-refractivity contribution in [1.29, 1.82) is 0 Å². The summed E-state index contributed by atoms with van der Waals surface area (Å²) in [6.07, 6.45) is -0.0608. The molecule has 1 aliphatic rings. The molecule has 1 aromatic carbocycles. The monoisotopic (exact) mass is 307 g/mol. The second kappa shape index (κ2) is 7.72. The summed E-state index contributed by atoms with van der Waals surface area (Å²) in [6, 6.07) is 9.53. The summed E-state index contributed by atoms with van der Waals surface area (Å²) in [7, 11) is 0. The molecule has 5 heteroatoms. The van der Waals surface area contributed by atoms with Gasteiger partial charge in [0.1, 0.15) is 5.41 Å². The molecule has 0 radical (unpaired) electrons.